The van der Waals surface area contributed by atoms with E-state index >= 15 is 0 Å². The van der Waals surface area contributed by atoms with E-state index in [0.29, 0.717) is 5.76 Å². The maximum absolute atomic E-state index is 11.2. The molecule has 0 aromatic heterocycles. The van der Waals surface area contributed by atoms with E-state index in [0.717, 1.165) is 5.57 Å². The summed E-state index contributed by atoms with van der Waals surface area (Å²) in [5.41, 5.74) is -0.494. The average Bonchev–Trinajstić information content (AvgIpc) is 2.20. The molecule has 4 nitrogen and oxygen atoms in total. The molecule has 0 radical (unpaired) electrons. The summed E-state index contributed by atoms with van der Waals surface area (Å²) < 4.78 is 10.3. The van der Waals surface area contributed by atoms with Gasteiger partial charge in [-0.1, -0.05) is 6.92 Å². The van der Waals surface area contributed by atoms with E-state index in [4.69, 9.17) is 9.47 Å². The molecule has 0 spiro atoms. The van der Waals surface area contributed by atoms with Gasteiger partial charge in [0.05, 0.1) is 7.11 Å². The fraction of sp³-hybridized carbons (Fsp3) is 0.545. The second-order valence-electron chi connectivity index (χ2n) is 3.65. The van der Waals surface area contributed by atoms with Gasteiger partial charge in [0, 0.05) is 13.0 Å². The monoisotopic (exact) mass is 212 g/mol. The number of aliphatic carboxylic acids is 1. The van der Waals surface area contributed by atoms with Gasteiger partial charge in [0.2, 0.25) is 0 Å². The first-order valence-electron chi connectivity index (χ1n) is 4.72. The van der Waals surface area contributed by atoms with Crippen molar-refractivity contribution in [2.45, 2.75) is 19.4 Å². The van der Waals surface area contributed by atoms with E-state index in [1.54, 1.807) is 33.1 Å². The Kier molecular flexibility index (Phi) is 3.19. The van der Waals surface area contributed by atoms with Gasteiger partial charge in [0.25, 0.3) is 0 Å². The average molecular weight is 212 g/mol. The van der Waals surface area contributed by atoms with E-state index < -0.39 is 11.6 Å². The van der Waals surface area contributed by atoms with Gasteiger partial charge in [-0.15, -0.1) is 0 Å². The Morgan fingerprint density at radius 2 is 2.13 bits per heavy atom. The van der Waals surface area contributed by atoms with Crippen molar-refractivity contribution >= 4 is 5.97 Å². The number of carbonyl (C=O) groups is 1. The Hall–Kier alpha value is -1.29. The molecule has 4 heteroatoms. The van der Waals surface area contributed by atoms with Crippen LogP contribution < -0.4 is 0 Å². The summed E-state index contributed by atoms with van der Waals surface area (Å²) in [6, 6.07) is 0. The Morgan fingerprint density at radius 3 is 2.53 bits per heavy atom. The van der Waals surface area contributed by atoms with Gasteiger partial charge < -0.3 is 14.6 Å². The van der Waals surface area contributed by atoms with Gasteiger partial charge in [0.1, 0.15) is 5.76 Å². The quantitative estimate of drug-likeness (QED) is 0.771. The molecule has 1 aliphatic carbocycles. The molecular formula is C11H16O4. The molecule has 0 saturated heterocycles. The molecule has 2 unspecified atom stereocenters. The van der Waals surface area contributed by atoms with Crippen LogP contribution >= 0.6 is 0 Å². The van der Waals surface area contributed by atoms with Gasteiger partial charge in [0.15, 0.2) is 5.60 Å². The second-order valence-corrected chi connectivity index (χ2v) is 3.65. The third-order valence-electron chi connectivity index (χ3n) is 2.79. The molecule has 0 saturated carbocycles. The highest BCUT2D eigenvalue weighted by atomic mass is 16.5. The molecule has 0 heterocycles. The van der Waals surface area contributed by atoms with E-state index in [9.17, 15) is 9.90 Å². The number of hydrogen-bond acceptors (Lipinski definition) is 3. The SMILES string of the molecule is COC1=CC(C)C(OC)(C(=O)O)C=C1C. The topological polar surface area (TPSA) is 55.8 Å². The first-order chi connectivity index (χ1) is 6.97. The molecular weight excluding hydrogens is 196 g/mol. The molecule has 0 aromatic carbocycles. The fourth-order valence-corrected chi connectivity index (χ4v) is 1.82. The van der Waals surface area contributed by atoms with Crippen molar-refractivity contribution in [2.75, 3.05) is 14.2 Å². The van der Waals surface area contributed by atoms with Crippen LogP contribution in [0.1, 0.15) is 13.8 Å². The van der Waals surface area contributed by atoms with Crippen LogP contribution in [0.25, 0.3) is 0 Å². The summed E-state index contributed by atoms with van der Waals surface area (Å²) in [5, 5.41) is 9.20. The van der Waals surface area contributed by atoms with Crippen molar-refractivity contribution in [2.24, 2.45) is 5.92 Å². The van der Waals surface area contributed by atoms with Crippen LogP contribution in [0.4, 0.5) is 0 Å². The summed E-state index contributed by atoms with van der Waals surface area (Å²) in [4.78, 5) is 11.2. The van der Waals surface area contributed by atoms with Crippen molar-refractivity contribution in [3.63, 3.8) is 0 Å². The summed E-state index contributed by atoms with van der Waals surface area (Å²) in [5.74, 6) is -0.543. The predicted octanol–water partition coefficient (Wildman–Crippen LogP) is 1.58. The van der Waals surface area contributed by atoms with Crippen LogP contribution in [0.5, 0.6) is 0 Å². The summed E-state index contributed by atoms with van der Waals surface area (Å²) in [6.07, 6.45) is 3.37. The van der Waals surface area contributed by atoms with Crippen molar-refractivity contribution < 1.29 is 19.4 Å². The van der Waals surface area contributed by atoms with Crippen molar-refractivity contribution in [3.8, 4) is 0 Å². The lowest BCUT2D eigenvalue weighted by molar-refractivity contribution is -0.160. The lowest BCUT2D eigenvalue weighted by Gasteiger charge is -2.33. The molecule has 0 bridgehead atoms. The van der Waals surface area contributed by atoms with Crippen molar-refractivity contribution in [1.82, 2.24) is 0 Å². The maximum Gasteiger partial charge on any atom is 0.340 e. The van der Waals surface area contributed by atoms with Crippen molar-refractivity contribution in [1.29, 1.82) is 0 Å². The number of methoxy groups -OCH3 is 2. The molecule has 15 heavy (non-hydrogen) atoms. The van der Waals surface area contributed by atoms with Crippen LogP contribution in [-0.4, -0.2) is 30.9 Å². The summed E-state index contributed by atoms with van der Waals surface area (Å²) in [6.45, 7) is 3.59. The zero-order valence-electron chi connectivity index (χ0n) is 9.40. The largest absolute Gasteiger partial charge is 0.497 e. The molecule has 0 aromatic rings. The molecule has 0 amide bonds. The number of rotatable bonds is 3. The Morgan fingerprint density at radius 1 is 1.53 bits per heavy atom. The highest BCUT2D eigenvalue weighted by Crippen LogP contribution is 2.33. The van der Waals surface area contributed by atoms with Crippen LogP contribution in [0.15, 0.2) is 23.5 Å². The Labute approximate surface area is 89.2 Å². The first kappa shape index (κ1) is 11.8. The molecule has 1 rings (SSSR count). The van der Waals surface area contributed by atoms with Gasteiger partial charge in [-0.2, -0.15) is 0 Å². The summed E-state index contributed by atoms with van der Waals surface area (Å²) >= 11 is 0. The molecule has 84 valence electrons. The van der Waals surface area contributed by atoms with Gasteiger partial charge >= 0.3 is 5.97 Å². The summed E-state index contributed by atoms with van der Waals surface area (Å²) in [7, 11) is 2.97. The first-order valence-corrected chi connectivity index (χ1v) is 4.72. The van der Waals surface area contributed by atoms with Crippen LogP contribution in [0.3, 0.4) is 0 Å². The van der Waals surface area contributed by atoms with E-state index in [1.165, 1.54) is 7.11 Å². The lowest BCUT2D eigenvalue weighted by atomic mass is 9.82. The van der Waals surface area contributed by atoms with Crippen LogP contribution in [0.2, 0.25) is 0 Å². The van der Waals surface area contributed by atoms with Gasteiger partial charge in [-0.05, 0) is 24.6 Å². The fourth-order valence-electron chi connectivity index (χ4n) is 1.82. The number of ether oxygens (including phenoxy) is 2. The minimum Gasteiger partial charge on any atom is -0.497 e. The maximum atomic E-state index is 11.2. The molecule has 0 aliphatic heterocycles. The predicted molar refractivity (Wildman–Crippen MR) is 55.4 cm³/mol. The van der Waals surface area contributed by atoms with E-state index in [2.05, 4.69) is 0 Å². The van der Waals surface area contributed by atoms with Gasteiger partial charge in [-0.3, -0.25) is 0 Å². The Bertz CT molecular complexity index is 329. The molecule has 1 N–H and O–H groups in total. The van der Waals surface area contributed by atoms with E-state index in [1.807, 2.05) is 0 Å². The zero-order chi connectivity index (χ0) is 11.6. The van der Waals surface area contributed by atoms with Crippen molar-refractivity contribution in [3.05, 3.63) is 23.5 Å². The number of hydrogen-bond donors (Lipinski definition) is 1. The van der Waals surface area contributed by atoms with E-state index in [-0.39, 0.29) is 5.92 Å². The third kappa shape index (κ3) is 1.77. The number of carboxylic acids is 1. The standard InChI is InChI=1S/C11H16O4/c1-7-6-11(15-4,10(12)13)8(2)5-9(7)14-3/h5-6,8H,1-4H3,(H,12,13). The van der Waals surface area contributed by atoms with Gasteiger partial charge in [-0.25, -0.2) is 4.79 Å². The number of allylic oxidation sites excluding steroid dienone is 1. The molecule has 0 fully saturated rings. The smallest absolute Gasteiger partial charge is 0.340 e. The highest BCUT2D eigenvalue weighted by molar-refractivity contribution is 5.82. The lowest BCUT2D eigenvalue weighted by Crippen LogP contribution is -2.46. The third-order valence-corrected chi connectivity index (χ3v) is 2.79. The zero-order valence-corrected chi connectivity index (χ0v) is 9.40. The minimum absolute atomic E-state index is 0.265. The number of carboxylic acid groups (broad SMARTS) is 1. The van der Waals surface area contributed by atoms with Crippen LogP contribution in [-0.2, 0) is 14.3 Å². The van der Waals surface area contributed by atoms with Crippen LogP contribution in [0, 0.1) is 5.92 Å². The normalized spacial score (nSPS) is 30.5. The molecule has 1 aliphatic rings. The Balaban J connectivity index is 3.17. The molecule has 2 atom stereocenters. The minimum atomic E-state index is -1.27. The second kappa shape index (κ2) is 4.06. The highest BCUT2D eigenvalue weighted by Gasteiger charge is 2.44.